The molecule has 1 aromatic carbocycles. The molecule has 0 radical (unpaired) electrons. The molecule has 1 atom stereocenters. The van der Waals surface area contributed by atoms with Gasteiger partial charge in [-0.05, 0) is 23.6 Å². The van der Waals surface area contributed by atoms with Crippen LogP contribution in [-0.2, 0) is 4.79 Å². The van der Waals surface area contributed by atoms with Gasteiger partial charge in [-0.2, -0.15) is 0 Å². The minimum atomic E-state index is -0.872. The zero-order chi connectivity index (χ0) is 12.1. The van der Waals surface area contributed by atoms with Gasteiger partial charge in [0.25, 0.3) is 0 Å². The van der Waals surface area contributed by atoms with Crippen molar-refractivity contribution in [3.8, 4) is 0 Å². The monoisotopic (exact) mass is 222 g/mol. The van der Waals surface area contributed by atoms with Gasteiger partial charge in [0.2, 0.25) is 5.91 Å². The Morgan fingerprint density at radius 3 is 2.75 bits per heavy atom. The third-order valence-electron chi connectivity index (χ3n) is 2.35. The van der Waals surface area contributed by atoms with Gasteiger partial charge in [-0.25, -0.2) is 0 Å². The number of hydrogen-bond acceptors (Lipinski definition) is 3. The number of amides is 1. The van der Waals surface area contributed by atoms with Crippen LogP contribution in [0.25, 0.3) is 0 Å². The zero-order valence-electron chi connectivity index (χ0n) is 9.60. The third-order valence-corrected chi connectivity index (χ3v) is 2.35. The van der Waals surface area contributed by atoms with E-state index in [1.807, 2.05) is 18.2 Å². The molecule has 16 heavy (non-hydrogen) atoms. The molecule has 4 heteroatoms. The van der Waals surface area contributed by atoms with E-state index in [1.165, 1.54) is 0 Å². The Morgan fingerprint density at radius 1 is 1.50 bits per heavy atom. The molecule has 0 aromatic heterocycles. The highest BCUT2D eigenvalue weighted by molar-refractivity contribution is 5.94. The molecule has 4 nitrogen and oxygen atoms in total. The molecule has 1 rings (SSSR count). The lowest BCUT2D eigenvalue weighted by atomic mass is 10.0. The summed E-state index contributed by atoms with van der Waals surface area (Å²) in [6, 6.07) is 6.73. The SMILES string of the molecule is CC(C)c1cccc(NC(=O)[C@H](N)CO)c1. The summed E-state index contributed by atoms with van der Waals surface area (Å²) >= 11 is 0. The van der Waals surface area contributed by atoms with Gasteiger partial charge in [0.1, 0.15) is 6.04 Å². The van der Waals surface area contributed by atoms with Crippen LogP contribution in [0, 0.1) is 0 Å². The van der Waals surface area contributed by atoms with Crippen molar-refractivity contribution < 1.29 is 9.90 Å². The van der Waals surface area contributed by atoms with Gasteiger partial charge in [-0.15, -0.1) is 0 Å². The van der Waals surface area contributed by atoms with Crippen LogP contribution in [0.4, 0.5) is 5.69 Å². The summed E-state index contributed by atoms with van der Waals surface area (Å²) in [6.45, 7) is 3.82. The van der Waals surface area contributed by atoms with Crippen LogP contribution in [-0.4, -0.2) is 23.7 Å². The number of benzene rings is 1. The van der Waals surface area contributed by atoms with Crippen molar-refractivity contribution in [1.82, 2.24) is 0 Å². The van der Waals surface area contributed by atoms with E-state index in [2.05, 4.69) is 19.2 Å². The molecule has 0 bridgehead atoms. The second-order valence-corrected chi connectivity index (χ2v) is 4.06. The molecule has 0 aliphatic carbocycles. The van der Waals surface area contributed by atoms with Crippen LogP contribution in [0.15, 0.2) is 24.3 Å². The summed E-state index contributed by atoms with van der Waals surface area (Å²) in [5, 5.41) is 11.4. The molecule has 4 N–H and O–H groups in total. The van der Waals surface area contributed by atoms with E-state index in [0.717, 1.165) is 5.56 Å². The van der Waals surface area contributed by atoms with Crippen LogP contribution < -0.4 is 11.1 Å². The average Bonchev–Trinajstić information content (AvgIpc) is 2.28. The van der Waals surface area contributed by atoms with E-state index in [-0.39, 0.29) is 12.5 Å². The molecular weight excluding hydrogens is 204 g/mol. The summed E-state index contributed by atoms with van der Waals surface area (Å²) < 4.78 is 0. The van der Waals surface area contributed by atoms with E-state index in [9.17, 15) is 4.79 Å². The predicted molar refractivity (Wildman–Crippen MR) is 64.2 cm³/mol. The van der Waals surface area contributed by atoms with Crippen LogP contribution >= 0.6 is 0 Å². The van der Waals surface area contributed by atoms with Gasteiger partial charge < -0.3 is 16.2 Å². The first-order valence-corrected chi connectivity index (χ1v) is 5.32. The number of aliphatic hydroxyl groups excluding tert-OH is 1. The van der Waals surface area contributed by atoms with Crippen LogP contribution in [0.5, 0.6) is 0 Å². The minimum absolute atomic E-state index is 0.351. The van der Waals surface area contributed by atoms with Gasteiger partial charge in [-0.3, -0.25) is 4.79 Å². The first-order valence-electron chi connectivity index (χ1n) is 5.32. The molecule has 0 saturated heterocycles. The van der Waals surface area contributed by atoms with Gasteiger partial charge in [-0.1, -0.05) is 26.0 Å². The van der Waals surface area contributed by atoms with Crippen molar-refractivity contribution in [3.63, 3.8) is 0 Å². The molecule has 0 saturated carbocycles. The summed E-state index contributed by atoms with van der Waals surface area (Å²) in [5.74, 6) is 0.0340. The molecular formula is C12H18N2O2. The molecule has 0 fully saturated rings. The maximum Gasteiger partial charge on any atom is 0.243 e. The Kier molecular flexibility index (Phi) is 4.46. The van der Waals surface area contributed by atoms with Crippen molar-refractivity contribution in [2.24, 2.45) is 5.73 Å². The third kappa shape index (κ3) is 3.32. The second-order valence-electron chi connectivity index (χ2n) is 4.06. The lowest BCUT2D eigenvalue weighted by Crippen LogP contribution is -2.38. The second kappa shape index (κ2) is 5.63. The Balaban J connectivity index is 2.74. The molecule has 0 aliphatic rings. The molecule has 1 aromatic rings. The quantitative estimate of drug-likeness (QED) is 0.713. The normalized spacial score (nSPS) is 12.6. The summed E-state index contributed by atoms with van der Waals surface area (Å²) in [5.41, 5.74) is 7.26. The summed E-state index contributed by atoms with van der Waals surface area (Å²) in [6.07, 6.45) is 0. The number of nitrogens with two attached hydrogens (primary N) is 1. The fraction of sp³-hybridized carbons (Fsp3) is 0.417. The lowest BCUT2D eigenvalue weighted by Gasteiger charge is -2.11. The highest BCUT2D eigenvalue weighted by Crippen LogP contribution is 2.18. The number of anilines is 1. The lowest BCUT2D eigenvalue weighted by molar-refractivity contribution is -0.118. The number of rotatable bonds is 4. The van der Waals surface area contributed by atoms with Gasteiger partial charge >= 0.3 is 0 Å². The average molecular weight is 222 g/mol. The van der Waals surface area contributed by atoms with Crippen molar-refractivity contribution in [2.45, 2.75) is 25.8 Å². The largest absolute Gasteiger partial charge is 0.394 e. The maximum absolute atomic E-state index is 11.4. The zero-order valence-corrected chi connectivity index (χ0v) is 9.60. The Labute approximate surface area is 95.5 Å². The van der Waals surface area contributed by atoms with Crippen LogP contribution in [0.2, 0.25) is 0 Å². The first kappa shape index (κ1) is 12.7. The fourth-order valence-corrected chi connectivity index (χ4v) is 1.29. The maximum atomic E-state index is 11.4. The van der Waals surface area contributed by atoms with Gasteiger partial charge in [0, 0.05) is 5.69 Å². The number of nitrogens with one attached hydrogen (secondary N) is 1. The number of carbonyl (C=O) groups is 1. The van der Waals surface area contributed by atoms with Crippen molar-refractivity contribution in [3.05, 3.63) is 29.8 Å². The molecule has 0 unspecified atom stereocenters. The Bertz CT molecular complexity index is 364. The molecule has 88 valence electrons. The number of carbonyl (C=O) groups excluding carboxylic acids is 1. The van der Waals surface area contributed by atoms with E-state index in [0.29, 0.717) is 11.6 Å². The number of hydrogen-bond donors (Lipinski definition) is 3. The van der Waals surface area contributed by atoms with Gasteiger partial charge in [0.15, 0.2) is 0 Å². The minimum Gasteiger partial charge on any atom is -0.394 e. The first-order chi connectivity index (χ1) is 7.54. The predicted octanol–water partition coefficient (Wildman–Crippen LogP) is 1.07. The van der Waals surface area contributed by atoms with Crippen LogP contribution in [0.3, 0.4) is 0 Å². The van der Waals surface area contributed by atoms with E-state index in [4.69, 9.17) is 10.8 Å². The van der Waals surface area contributed by atoms with E-state index >= 15 is 0 Å². The molecule has 0 aliphatic heterocycles. The van der Waals surface area contributed by atoms with Crippen molar-refractivity contribution in [2.75, 3.05) is 11.9 Å². The number of aliphatic hydroxyl groups is 1. The molecule has 1 amide bonds. The highest BCUT2D eigenvalue weighted by atomic mass is 16.3. The topological polar surface area (TPSA) is 75.4 Å². The van der Waals surface area contributed by atoms with Crippen molar-refractivity contribution in [1.29, 1.82) is 0 Å². The van der Waals surface area contributed by atoms with Crippen LogP contribution in [0.1, 0.15) is 25.3 Å². The van der Waals surface area contributed by atoms with Crippen molar-refractivity contribution >= 4 is 11.6 Å². The van der Waals surface area contributed by atoms with E-state index < -0.39 is 6.04 Å². The summed E-state index contributed by atoms with van der Waals surface area (Å²) in [7, 11) is 0. The molecule has 0 heterocycles. The van der Waals surface area contributed by atoms with E-state index in [1.54, 1.807) is 6.07 Å². The Morgan fingerprint density at radius 2 is 2.19 bits per heavy atom. The molecule has 0 spiro atoms. The smallest absolute Gasteiger partial charge is 0.243 e. The fourth-order valence-electron chi connectivity index (χ4n) is 1.29. The highest BCUT2D eigenvalue weighted by Gasteiger charge is 2.12. The summed E-state index contributed by atoms with van der Waals surface area (Å²) in [4.78, 5) is 11.4. The standard InChI is InChI=1S/C12H18N2O2/c1-8(2)9-4-3-5-10(6-9)14-12(16)11(13)7-15/h3-6,8,11,15H,7,13H2,1-2H3,(H,14,16)/t11-/m1/s1. The Hall–Kier alpha value is -1.39. The van der Waals surface area contributed by atoms with Gasteiger partial charge in [0.05, 0.1) is 6.61 Å².